The first-order valence-electron chi connectivity index (χ1n) is 6.72. The van der Waals surface area contributed by atoms with Gasteiger partial charge in [0.1, 0.15) is 11.5 Å². The Kier molecular flexibility index (Phi) is 4.48. The van der Waals surface area contributed by atoms with E-state index in [9.17, 15) is 0 Å². The normalized spacial score (nSPS) is 23.7. The number of hydrogen-bond acceptors (Lipinski definition) is 3. The molecule has 0 saturated heterocycles. The molecule has 2 unspecified atom stereocenters. The average Bonchev–Trinajstić information content (AvgIpc) is 2.46. The first-order valence-corrected chi connectivity index (χ1v) is 6.72. The number of benzene rings is 1. The Labute approximate surface area is 109 Å². The highest BCUT2D eigenvalue weighted by molar-refractivity contribution is 5.43. The Morgan fingerprint density at radius 1 is 1.17 bits per heavy atom. The maximum Gasteiger partial charge on any atom is 0.126 e. The Bertz CT molecular complexity index is 392. The van der Waals surface area contributed by atoms with E-state index >= 15 is 0 Å². The highest BCUT2D eigenvalue weighted by atomic mass is 16.5. The van der Waals surface area contributed by atoms with Crippen LogP contribution in [0.2, 0.25) is 0 Å². The molecule has 0 bridgehead atoms. The molecule has 1 aliphatic carbocycles. The van der Waals surface area contributed by atoms with Crippen LogP contribution < -0.4 is 15.2 Å². The molecule has 2 N–H and O–H groups in total. The molecule has 0 radical (unpaired) electrons. The maximum absolute atomic E-state index is 5.91. The molecule has 0 aromatic heterocycles. The van der Waals surface area contributed by atoms with Gasteiger partial charge in [0.15, 0.2) is 0 Å². The molecule has 1 fully saturated rings. The van der Waals surface area contributed by atoms with Crippen LogP contribution in [0.15, 0.2) is 18.2 Å². The Hall–Kier alpha value is -1.22. The molecule has 3 nitrogen and oxygen atoms in total. The molecule has 0 spiro atoms. The quantitative estimate of drug-likeness (QED) is 0.892. The van der Waals surface area contributed by atoms with E-state index in [1.165, 1.54) is 31.2 Å². The van der Waals surface area contributed by atoms with E-state index in [0.717, 1.165) is 18.0 Å². The van der Waals surface area contributed by atoms with Gasteiger partial charge in [0.05, 0.1) is 14.2 Å². The van der Waals surface area contributed by atoms with Crippen LogP contribution in [0.1, 0.15) is 37.2 Å². The van der Waals surface area contributed by atoms with E-state index in [1.807, 2.05) is 12.1 Å². The van der Waals surface area contributed by atoms with E-state index in [1.54, 1.807) is 14.2 Å². The zero-order chi connectivity index (χ0) is 13.0. The smallest absolute Gasteiger partial charge is 0.126 e. The van der Waals surface area contributed by atoms with Gasteiger partial charge in [-0.05, 0) is 42.9 Å². The summed E-state index contributed by atoms with van der Waals surface area (Å²) in [6.07, 6.45) is 5.04. The van der Waals surface area contributed by atoms with Crippen LogP contribution in [0.3, 0.4) is 0 Å². The van der Waals surface area contributed by atoms with E-state index in [2.05, 4.69) is 6.07 Å². The van der Waals surface area contributed by atoms with Gasteiger partial charge in [-0.15, -0.1) is 0 Å². The summed E-state index contributed by atoms with van der Waals surface area (Å²) in [6, 6.07) is 6.12. The molecule has 2 atom stereocenters. The van der Waals surface area contributed by atoms with E-state index in [0.29, 0.717) is 11.8 Å². The number of ether oxygens (including phenoxy) is 2. The van der Waals surface area contributed by atoms with Crippen molar-refractivity contribution in [3.05, 3.63) is 23.8 Å². The van der Waals surface area contributed by atoms with Gasteiger partial charge in [-0.25, -0.2) is 0 Å². The van der Waals surface area contributed by atoms with Gasteiger partial charge < -0.3 is 15.2 Å². The van der Waals surface area contributed by atoms with Gasteiger partial charge in [0.25, 0.3) is 0 Å². The molecule has 0 heterocycles. The minimum atomic E-state index is 0.532. The number of nitrogens with two attached hydrogens (primary N) is 1. The molecule has 100 valence electrons. The first-order chi connectivity index (χ1) is 8.80. The summed E-state index contributed by atoms with van der Waals surface area (Å²) >= 11 is 0. The monoisotopic (exact) mass is 249 g/mol. The van der Waals surface area contributed by atoms with Gasteiger partial charge >= 0.3 is 0 Å². The fourth-order valence-electron chi connectivity index (χ4n) is 3.02. The van der Waals surface area contributed by atoms with E-state index in [-0.39, 0.29) is 0 Å². The SMILES string of the molecule is COc1ccc(C2CCCCC2CN)c(OC)c1. The molecule has 1 aliphatic rings. The molecule has 0 aliphatic heterocycles. The summed E-state index contributed by atoms with van der Waals surface area (Å²) in [7, 11) is 3.40. The van der Waals surface area contributed by atoms with Crippen molar-refractivity contribution in [1.29, 1.82) is 0 Å². The standard InChI is InChI=1S/C15H23NO2/c1-17-12-7-8-14(15(9-12)18-2)13-6-4-3-5-11(13)10-16/h7-9,11,13H,3-6,10,16H2,1-2H3. The first kappa shape index (κ1) is 13.2. The van der Waals surface area contributed by atoms with Crippen molar-refractivity contribution in [2.45, 2.75) is 31.6 Å². The van der Waals surface area contributed by atoms with Gasteiger partial charge in [0, 0.05) is 6.07 Å². The molecule has 1 aromatic carbocycles. The lowest BCUT2D eigenvalue weighted by atomic mass is 9.75. The van der Waals surface area contributed by atoms with Crippen LogP contribution in [0, 0.1) is 5.92 Å². The van der Waals surface area contributed by atoms with Gasteiger partial charge in [-0.1, -0.05) is 18.9 Å². The summed E-state index contributed by atoms with van der Waals surface area (Å²) in [5.41, 5.74) is 7.20. The molecule has 1 saturated carbocycles. The fraction of sp³-hybridized carbons (Fsp3) is 0.600. The van der Waals surface area contributed by atoms with Gasteiger partial charge in [-0.3, -0.25) is 0 Å². The third kappa shape index (κ3) is 2.61. The predicted octanol–water partition coefficient (Wildman–Crippen LogP) is 2.94. The van der Waals surface area contributed by atoms with E-state index < -0.39 is 0 Å². The molecular formula is C15H23NO2. The summed E-state index contributed by atoms with van der Waals surface area (Å²) in [5.74, 6) is 2.89. The predicted molar refractivity (Wildman–Crippen MR) is 73.3 cm³/mol. The van der Waals surface area contributed by atoms with Crippen LogP contribution in [-0.2, 0) is 0 Å². The number of hydrogen-bond donors (Lipinski definition) is 1. The van der Waals surface area contributed by atoms with Crippen molar-refractivity contribution in [3.8, 4) is 11.5 Å². The van der Waals surface area contributed by atoms with Crippen molar-refractivity contribution >= 4 is 0 Å². The minimum Gasteiger partial charge on any atom is -0.497 e. The molecule has 2 rings (SSSR count). The van der Waals surface area contributed by atoms with Gasteiger partial charge in [-0.2, -0.15) is 0 Å². The molecule has 0 amide bonds. The zero-order valence-electron chi connectivity index (χ0n) is 11.3. The highest BCUT2D eigenvalue weighted by Crippen LogP contribution is 2.42. The second kappa shape index (κ2) is 6.10. The molecule has 1 aromatic rings. The minimum absolute atomic E-state index is 0.532. The lowest BCUT2D eigenvalue weighted by molar-refractivity contribution is 0.303. The number of rotatable bonds is 4. The summed E-state index contributed by atoms with van der Waals surface area (Å²) in [6.45, 7) is 0.764. The summed E-state index contributed by atoms with van der Waals surface area (Å²) < 4.78 is 10.8. The van der Waals surface area contributed by atoms with Crippen LogP contribution in [0.4, 0.5) is 0 Å². The third-order valence-electron chi connectivity index (χ3n) is 4.05. The highest BCUT2D eigenvalue weighted by Gasteiger charge is 2.27. The lowest BCUT2D eigenvalue weighted by Crippen LogP contribution is -2.25. The second-order valence-corrected chi connectivity index (χ2v) is 4.99. The van der Waals surface area contributed by atoms with Gasteiger partial charge in [0.2, 0.25) is 0 Å². The van der Waals surface area contributed by atoms with E-state index in [4.69, 9.17) is 15.2 Å². The topological polar surface area (TPSA) is 44.5 Å². The second-order valence-electron chi connectivity index (χ2n) is 4.99. The Balaban J connectivity index is 2.30. The van der Waals surface area contributed by atoms with Crippen molar-refractivity contribution < 1.29 is 9.47 Å². The van der Waals surface area contributed by atoms with Crippen molar-refractivity contribution in [2.24, 2.45) is 11.7 Å². The van der Waals surface area contributed by atoms with Crippen molar-refractivity contribution in [2.75, 3.05) is 20.8 Å². The molecule has 3 heteroatoms. The molecule has 18 heavy (non-hydrogen) atoms. The third-order valence-corrected chi connectivity index (χ3v) is 4.05. The van der Waals surface area contributed by atoms with Crippen molar-refractivity contribution in [3.63, 3.8) is 0 Å². The van der Waals surface area contributed by atoms with Crippen molar-refractivity contribution in [1.82, 2.24) is 0 Å². The zero-order valence-corrected chi connectivity index (χ0v) is 11.3. The summed E-state index contributed by atoms with van der Waals surface area (Å²) in [4.78, 5) is 0. The maximum atomic E-state index is 5.91. The van der Waals surface area contributed by atoms with Crippen LogP contribution in [-0.4, -0.2) is 20.8 Å². The number of methoxy groups -OCH3 is 2. The van der Waals surface area contributed by atoms with Crippen LogP contribution in [0.5, 0.6) is 11.5 Å². The van der Waals surface area contributed by atoms with Crippen LogP contribution >= 0.6 is 0 Å². The average molecular weight is 249 g/mol. The summed E-state index contributed by atoms with van der Waals surface area (Å²) in [5, 5.41) is 0. The fourth-order valence-corrected chi connectivity index (χ4v) is 3.02. The Morgan fingerprint density at radius 2 is 1.94 bits per heavy atom. The van der Waals surface area contributed by atoms with Crippen LogP contribution in [0.25, 0.3) is 0 Å². The largest absolute Gasteiger partial charge is 0.497 e. The lowest BCUT2D eigenvalue weighted by Gasteiger charge is -2.32. The molecular weight excluding hydrogens is 226 g/mol. The Morgan fingerprint density at radius 3 is 2.61 bits per heavy atom.